The molecule has 1 aliphatic carbocycles. The molecule has 2 fully saturated rings. The van der Waals surface area contributed by atoms with Crippen molar-refractivity contribution < 1.29 is 4.79 Å². The van der Waals surface area contributed by atoms with Crippen LogP contribution in [0.25, 0.3) is 0 Å². The van der Waals surface area contributed by atoms with Gasteiger partial charge in [0.05, 0.1) is 11.7 Å². The van der Waals surface area contributed by atoms with Crippen LogP contribution in [0.5, 0.6) is 0 Å². The Morgan fingerprint density at radius 3 is 2.84 bits per heavy atom. The molecule has 1 aromatic rings. The molecule has 1 saturated heterocycles. The SMILES string of the molecule is O=C1CCC(Nc2cc(Br)cnc2Br)C(C2CC2)N1. The lowest BCUT2D eigenvalue weighted by molar-refractivity contribution is -0.123. The van der Waals surface area contributed by atoms with Gasteiger partial charge in [0.25, 0.3) is 0 Å². The van der Waals surface area contributed by atoms with Crippen LogP contribution < -0.4 is 10.6 Å². The van der Waals surface area contributed by atoms with Gasteiger partial charge >= 0.3 is 0 Å². The topological polar surface area (TPSA) is 54.0 Å². The van der Waals surface area contributed by atoms with Crippen molar-refractivity contribution in [2.24, 2.45) is 5.92 Å². The van der Waals surface area contributed by atoms with Crippen molar-refractivity contribution in [2.45, 2.75) is 37.8 Å². The highest BCUT2D eigenvalue weighted by Crippen LogP contribution is 2.37. The molecule has 102 valence electrons. The lowest BCUT2D eigenvalue weighted by atomic mass is 9.94. The molecule has 1 saturated carbocycles. The molecule has 1 amide bonds. The smallest absolute Gasteiger partial charge is 0.220 e. The maximum Gasteiger partial charge on any atom is 0.220 e. The lowest BCUT2D eigenvalue weighted by Crippen LogP contribution is -2.52. The van der Waals surface area contributed by atoms with E-state index in [9.17, 15) is 4.79 Å². The molecule has 19 heavy (non-hydrogen) atoms. The lowest BCUT2D eigenvalue weighted by Gasteiger charge is -2.34. The molecule has 6 heteroatoms. The molecule has 0 aromatic carbocycles. The predicted molar refractivity (Wildman–Crippen MR) is 80.9 cm³/mol. The normalized spacial score (nSPS) is 26.9. The fraction of sp³-hybridized carbons (Fsp3) is 0.538. The van der Waals surface area contributed by atoms with Crippen molar-refractivity contribution in [2.75, 3.05) is 5.32 Å². The third-order valence-corrected chi connectivity index (χ3v) is 4.79. The Kier molecular flexibility index (Phi) is 3.80. The van der Waals surface area contributed by atoms with Gasteiger partial charge < -0.3 is 10.6 Å². The minimum absolute atomic E-state index is 0.182. The van der Waals surface area contributed by atoms with Gasteiger partial charge in [0.15, 0.2) is 0 Å². The molecule has 4 nitrogen and oxygen atoms in total. The fourth-order valence-corrected chi connectivity index (χ4v) is 3.27. The first-order valence-corrected chi connectivity index (χ1v) is 8.09. The zero-order chi connectivity index (χ0) is 13.4. The standard InChI is InChI=1S/C13H15Br2N3O/c14-8-5-10(13(15)16-6-8)17-9-3-4-11(19)18-12(9)7-1-2-7/h5-7,9,12,17H,1-4H2,(H,18,19). The van der Waals surface area contributed by atoms with E-state index in [0.717, 1.165) is 21.2 Å². The number of hydrogen-bond acceptors (Lipinski definition) is 3. The summed E-state index contributed by atoms with van der Waals surface area (Å²) in [4.78, 5) is 15.8. The van der Waals surface area contributed by atoms with Crippen LogP contribution in [0, 0.1) is 5.92 Å². The van der Waals surface area contributed by atoms with Crippen molar-refractivity contribution in [3.63, 3.8) is 0 Å². The molecule has 2 unspecified atom stereocenters. The van der Waals surface area contributed by atoms with Crippen LogP contribution in [0.4, 0.5) is 5.69 Å². The van der Waals surface area contributed by atoms with E-state index < -0.39 is 0 Å². The number of nitrogens with one attached hydrogen (secondary N) is 2. The van der Waals surface area contributed by atoms with Crippen molar-refractivity contribution in [3.05, 3.63) is 21.3 Å². The Morgan fingerprint density at radius 2 is 2.11 bits per heavy atom. The molecular formula is C13H15Br2N3O. The summed E-state index contributed by atoms with van der Waals surface area (Å²) in [5.74, 6) is 0.821. The number of halogens is 2. The van der Waals surface area contributed by atoms with Gasteiger partial charge in [0.1, 0.15) is 4.60 Å². The van der Waals surface area contributed by atoms with Crippen molar-refractivity contribution in [1.82, 2.24) is 10.3 Å². The van der Waals surface area contributed by atoms with Gasteiger partial charge in [-0.1, -0.05) is 0 Å². The number of carbonyl (C=O) groups is 1. The van der Waals surface area contributed by atoms with Crippen molar-refractivity contribution >= 4 is 43.5 Å². The van der Waals surface area contributed by atoms with Gasteiger partial charge in [-0.2, -0.15) is 0 Å². The maximum atomic E-state index is 11.6. The number of piperidine rings is 1. The predicted octanol–water partition coefficient (Wildman–Crippen LogP) is 3.08. The molecule has 0 bridgehead atoms. The van der Waals surface area contributed by atoms with Crippen molar-refractivity contribution in [3.8, 4) is 0 Å². The van der Waals surface area contributed by atoms with E-state index in [0.29, 0.717) is 12.3 Å². The van der Waals surface area contributed by atoms with Gasteiger partial charge in [-0.25, -0.2) is 4.98 Å². The minimum Gasteiger partial charge on any atom is -0.378 e. The first-order chi connectivity index (χ1) is 9.13. The number of carbonyl (C=O) groups excluding carboxylic acids is 1. The number of anilines is 1. The largest absolute Gasteiger partial charge is 0.378 e. The fourth-order valence-electron chi connectivity index (χ4n) is 2.61. The third kappa shape index (κ3) is 3.11. The number of pyridine rings is 1. The molecule has 2 atom stereocenters. The molecule has 3 rings (SSSR count). The number of hydrogen-bond donors (Lipinski definition) is 2. The average Bonchev–Trinajstić information content (AvgIpc) is 3.20. The Bertz CT molecular complexity index is 505. The van der Waals surface area contributed by atoms with Crippen LogP contribution >= 0.6 is 31.9 Å². The van der Waals surface area contributed by atoms with E-state index in [4.69, 9.17) is 0 Å². The van der Waals surface area contributed by atoms with Gasteiger partial charge in [0, 0.05) is 23.1 Å². The summed E-state index contributed by atoms with van der Waals surface area (Å²) in [6.45, 7) is 0. The van der Waals surface area contributed by atoms with E-state index >= 15 is 0 Å². The van der Waals surface area contributed by atoms with Gasteiger partial charge in [-0.3, -0.25) is 4.79 Å². The zero-order valence-corrected chi connectivity index (χ0v) is 13.5. The van der Waals surface area contributed by atoms with Crippen LogP contribution in [0.15, 0.2) is 21.3 Å². The molecule has 0 spiro atoms. The molecular weight excluding hydrogens is 374 g/mol. The third-order valence-electron chi connectivity index (χ3n) is 3.72. The number of amides is 1. The second-order valence-corrected chi connectivity index (χ2v) is 6.88. The second kappa shape index (κ2) is 5.40. The van der Waals surface area contributed by atoms with E-state index in [-0.39, 0.29) is 18.0 Å². The number of aromatic nitrogens is 1. The monoisotopic (exact) mass is 387 g/mol. The average molecular weight is 389 g/mol. The number of rotatable bonds is 3. The summed E-state index contributed by atoms with van der Waals surface area (Å²) in [7, 11) is 0. The summed E-state index contributed by atoms with van der Waals surface area (Å²) in [5, 5.41) is 6.66. The van der Waals surface area contributed by atoms with Gasteiger partial charge in [0.2, 0.25) is 5.91 Å². The maximum absolute atomic E-state index is 11.6. The highest BCUT2D eigenvalue weighted by atomic mass is 79.9. The van der Waals surface area contributed by atoms with E-state index in [2.05, 4.69) is 47.5 Å². The van der Waals surface area contributed by atoms with Crippen LogP contribution in [0.3, 0.4) is 0 Å². The van der Waals surface area contributed by atoms with Gasteiger partial charge in [-0.15, -0.1) is 0 Å². The van der Waals surface area contributed by atoms with Crippen molar-refractivity contribution in [1.29, 1.82) is 0 Å². The van der Waals surface area contributed by atoms with Gasteiger partial charge in [-0.05, 0) is 63.1 Å². The summed E-state index contributed by atoms with van der Waals surface area (Å²) in [6, 6.07) is 2.56. The molecule has 1 aliphatic heterocycles. The Balaban J connectivity index is 1.77. The summed E-state index contributed by atoms with van der Waals surface area (Å²) in [5.41, 5.74) is 0.973. The van der Waals surface area contributed by atoms with E-state index in [1.165, 1.54) is 12.8 Å². The Morgan fingerprint density at radius 1 is 1.32 bits per heavy atom. The summed E-state index contributed by atoms with van der Waals surface area (Å²) < 4.78 is 1.75. The second-order valence-electron chi connectivity index (χ2n) is 5.21. The Labute approximate surface area is 129 Å². The molecule has 2 aliphatic rings. The highest BCUT2D eigenvalue weighted by Gasteiger charge is 2.40. The van der Waals surface area contributed by atoms with Crippen LogP contribution in [-0.2, 0) is 4.79 Å². The summed E-state index contributed by atoms with van der Waals surface area (Å²) in [6.07, 6.45) is 5.68. The first kappa shape index (κ1) is 13.4. The quantitative estimate of drug-likeness (QED) is 0.782. The number of nitrogens with zero attached hydrogens (tertiary/aromatic N) is 1. The molecule has 2 heterocycles. The molecule has 0 radical (unpaired) electrons. The van der Waals surface area contributed by atoms with Crippen LogP contribution in [-0.4, -0.2) is 23.0 Å². The molecule has 2 N–H and O–H groups in total. The Hall–Kier alpha value is -0.620. The summed E-state index contributed by atoms with van der Waals surface area (Å²) >= 11 is 6.89. The van der Waals surface area contributed by atoms with Crippen LogP contribution in [0.2, 0.25) is 0 Å². The first-order valence-electron chi connectivity index (χ1n) is 6.50. The van der Waals surface area contributed by atoms with Crippen LogP contribution in [0.1, 0.15) is 25.7 Å². The highest BCUT2D eigenvalue weighted by molar-refractivity contribution is 9.11. The zero-order valence-electron chi connectivity index (χ0n) is 10.3. The van der Waals surface area contributed by atoms with E-state index in [1.807, 2.05) is 6.07 Å². The molecule has 1 aromatic heterocycles. The minimum atomic E-state index is 0.182. The van der Waals surface area contributed by atoms with E-state index in [1.54, 1.807) is 6.20 Å².